The molecular formula is C17H16ClFO2. The van der Waals surface area contributed by atoms with E-state index in [2.05, 4.69) is 0 Å². The Morgan fingerprint density at radius 3 is 2.62 bits per heavy atom. The van der Waals surface area contributed by atoms with Gasteiger partial charge in [0.1, 0.15) is 11.6 Å². The number of hydrogen-bond donors (Lipinski definition) is 0. The number of ketones is 1. The second-order valence-electron chi connectivity index (χ2n) is 4.82. The van der Waals surface area contributed by atoms with E-state index < -0.39 is 0 Å². The van der Waals surface area contributed by atoms with Gasteiger partial charge in [0.25, 0.3) is 0 Å². The Hall–Kier alpha value is -1.87. The summed E-state index contributed by atoms with van der Waals surface area (Å²) in [7, 11) is 0. The summed E-state index contributed by atoms with van der Waals surface area (Å²) >= 11 is 6.02. The molecule has 0 radical (unpaired) electrons. The Morgan fingerprint density at radius 2 is 1.90 bits per heavy atom. The average Bonchev–Trinajstić information content (AvgIpc) is 2.47. The van der Waals surface area contributed by atoms with Gasteiger partial charge in [-0.15, -0.1) is 0 Å². The molecule has 21 heavy (non-hydrogen) atoms. The molecule has 2 nitrogen and oxygen atoms in total. The zero-order chi connectivity index (χ0) is 15.2. The predicted molar refractivity (Wildman–Crippen MR) is 81.6 cm³/mol. The summed E-state index contributed by atoms with van der Waals surface area (Å²) in [5.74, 6) is 0.267. The standard InChI is InChI=1S/C17H16ClFO2/c1-12-4-9-15(18)17(11-12)21-10-2-3-16(20)13-5-7-14(19)8-6-13/h4-9,11H,2-3,10H2,1H3. The number of carbonyl (C=O) groups excluding carboxylic acids is 1. The smallest absolute Gasteiger partial charge is 0.163 e. The van der Waals surface area contributed by atoms with Gasteiger partial charge in [-0.3, -0.25) is 4.79 Å². The van der Waals surface area contributed by atoms with E-state index in [1.165, 1.54) is 24.3 Å². The van der Waals surface area contributed by atoms with Gasteiger partial charge in [0.15, 0.2) is 5.78 Å². The lowest BCUT2D eigenvalue weighted by atomic mass is 10.1. The van der Waals surface area contributed by atoms with E-state index in [-0.39, 0.29) is 11.6 Å². The first-order valence-corrected chi connectivity index (χ1v) is 7.12. The van der Waals surface area contributed by atoms with Crippen molar-refractivity contribution in [2.75, 3.05) is 6.61 Å². The molecule has 0 aliphatic heterocycles. The van der Waals surface area contributed by atoms with Crippen LogP contribution in [-0.4, -0.2) is 12.4 Å². The maximum atomic E-state index is 12.8. The lowest BCUT2D eigenvalue weighted by Gasteiger charge is -2.08. The van der Waals surface area contributed by atoms with Crippen LogP contribution >= 0.6 is 11.6 Å². The SMILES string of the molecule is Cc1ccc(Cl)c(OCCCC(=O)c2ccc(F)cc2)c1. The number of Topliss-reactive ketones (excluding diaryl/α,β-unsaturated/α-hetero) is 1. The molecule has 0 bridgehead atoms. The molecule has 0 atom stereocenters. The zero-order valence-electron chi connectivity index (χ0n) is 11.7. The van der Waals surface area contributed by atoms with Crippen LogP contribution < -0.4 is 4.74 Å². The van der Waals surface area contributed by atoms with E-state index in [1.54, 1.807) is 6.07 Å². The van der Waals surface area contributed by atoms with Crippen molar-refractivity contribution in [1.29, 1.82) is 0 Å². The molecule has 0 fully saturated rings. The van der Waals surface area contributed by atoms with Crippen LogP contribution in [0.25, 0.3) is 0 Å². The first-order chi connectivity index (χ1) is 10.1. The van der Waals surface area contributed by atoms with Gasteiger partial charge in [-0.1, -0.05) is 17.7 Å². The molecule has 0 saturated carbocycles. The molecule has 110 valence electrons. The minimum absolute atomic E-state index is 0.0195. The van der Waals surface area contributed by atoms with E-state index in [1.807, 2.05) is 19.1 Å². The molecule has 0 aliphatic carbocycles. The normalized spacial score (nSPS) is 10.4. The third kappa shape index (κ3) is 4.57. The summed E-state index contributed by atoms with van der Waals surface area (Å²) < 4.78 is 18.3. The average molecular weight is 307 g/mol. The second-order valence-corrected chi connectivity index (χ2v) is 5.22. The van der Waals surface area contributed by atoms with Crippen LogP contribution in [0.4, 0.5) is 4.39 Å². The monoisotopic (exact) mass is 306 g/mol. The van der Waals surface area contributed by atoms with E-state index in [0.29, 0.717) is 35.8 Å². The minimum atomic E-state index is -0.344. The minimum Gasteiger partial charge on any atom is -0.492 e. The van der Waals surface area contributed by atoms with Gasteiger partial charge in [0, 0.05) is 12.0 Å². The lowest BCUT2D eigenvalue weighted by Crippen LogP contribution is -2.04. The van der Waals surface area contributed by atoms with Gasteiger partial charge in [0.2, 0.25) is 0 Å². The lowest BCUT2D eigenvalue weighted by molar-refractivity contribution is 0.0973. The third-order valence-corrected chi connectivity index (χ3v) is 3.37. The summed E-state index contributed by atoms with van der Waals surface area (Å²) in [5, 5.41) is 0.561. The molecule has 0 unspecified atom stereocenters. The molecule has 2 aromatic rings. The van der Waals surface area contributed by atoms with Crippen molar-refractivity contribution < 1.29 is 13.9 Å². The van der Waals surface area contributed by atoms with Crippen LogP contribution in [0.15, 0.2) is 42.5 Å². The van der Waals surface area contributed by atoms with Crippen molar-refractivity contribution in [3.63, 3.8) is 0 Å². The maximum Gasteiger partial charge on any atom is 0.163 e. The Kier molecular flexibility index (Phi) is 5.34. The highest BCUT2D eigenvalue weighted by Crippen LogP contribution is 2.25. The van der Waals surface area contributed by atoms with E-state index in [9.17, 15) is 9.18 Å². The van der Waals surface area contributed by atoms with Crippen LogP contribution in [-0.2, 0) is 0 Å². The Balaban J connectivity index is 1.80. The van der Waals surface area contributed by atoms with Crippen LogP contribution in [0.2, 0.25) is 5.02 Å². The van der Waals surface area contributed by atoms with Gasteiger partial charge >= 0.3 is 0 Å². The Morgan fingerprint density at radius 1 is 1.19 bits per heavy atom. The summed E-state index contributed by atoms with van der Waals surface area (Å²) in [6.45, 7) is 2.37. The molecule has 0 aliphatic rings. The van der Waals surface area contributed by atoms with Gasteiger partial charge in [-0.05, 0) is 55.3 Å². The van der Waals surface area contributed by atoms with Crippen molar-refractivity contribution >= 4 is 17.4 Å². The van der Waals surface area contributed by atoms with E-state index >= 15 is 0 Å². The van der Waals surface area contributed by atoms with Crippen molar-refractivity contribution in [2.45, 2.75) is 19.8 Å². The summed E-state index contributed by atoms with van der Waals surface area (Å²) in [6.07, 6.45) is 0.940. The van der Waals surface area contributed by atoms with E-state index in [4.69, 9.17) is 16.3 Å². The fourth-order valence-corrected chi connectivity index (χ4v) is 2.09. The molecule has 2 rings (SSSR count). The van der Waals surface area contributed by atoms with Crippen molar-refractivity contribution in [2.24, 2.45) is 0 Å². The molecule has 0 amide bonds. The van der Waals surface area contributed by atoms with Crippen molar-refractivity contribution in [3.05, 3.63) is 64.4 Å². The second kappa shape index (κ2) is 7.23. The number of carbonyl (C=O) groups is 1. The Bertz CT molecular complexity index is 623. The number of benzene rings is 2. The fraction of sp³-hybridized carbons (Fsp3) is 0.235. The fourth-order valence-electron chi connectivity index (χ4n) is 1.92. The molecule has 0 aromatic heterocycles. The number of aryl methyl sites for hydroxylation is 1. The molecule has 4 heteroatoms. The molecule has 0 spiro atoms. The van der Waals surface area contributed by atoms with Crippen LogP contribution in [0.3, 0.4) is 0 Å². The zero-order valence-corrected chi connectivity index (χ0v) is 12.5. The highest BCUT2D eigenvalue weighted by molar-refractivity contribution is 6.32. The Labute approximate surface area is 128 Å². The largest absolute Gasteiger partial charge is 0.492 e. The summed E-state index contributed by atoms with van der Waals surface area (Å²) in [4.78, 5) is 11.9. The molecule has 0 N–H and O–H groups in total. The van der Waals surface area contributed by atoms with Crippen LogP contribution in [0.1, 0.15) is 28.8 Å². The van der Waals surface area contributed by atoms with Crippen LogP contribution in [0.5, 0.6) is 5.75 Å². The van der Waals surface area contributed by atoms with Crippen molar-refractivity contribution in [3.8, 4) is 5.75 Å². The van der Waals surface area contributed by atoms with Gasteiger partial charge in [-0.25, -0.2) is 4.39 Å². The maximum absolute atomic E-state index is 12.8. The van der Waals surface area contributed by atoms with Gasteiger partial charge in [-0.2, -0.15) is 0 Å². The van der Waals surface area contributed by atoms with E-state index in [0.717, 1.165) is 5.56 Å². The molecular weight excluding hydrogens is 291 g/mol. The number of hydrogen-bond acceptors (Lipinski definition) is 2. The first kappa shape index (κ1) is 15.5. The topological polar surface area (TPSA) is 26.3 Å². The molecule has 0 heterocycles. The summed E-state index contributed by atoms with van der Waals surface area (Å²) in [6, 6.07) is 11.1. The quantitative estimate of drug-likeness (QED) is 0.564. The van der Waals surface area contributed by atoms with Crippen LogP contribution in [0, 0.1) is 12.7 Å². The van der Waals surface area contributed by atoms with Crippen molar-refractivity contribution in [1.82, 2.24) is 0 Å². The predicted octanol–water partition coefficient (Wildman–Crippen LogP) is 4.83. The molecule has 2 aromatic carbocycles. The summed E-state index contributed by atoms with van der Waals surface area (Å²) in [5.41, 5.74) is 1.58. The first-order valence-electron chi connectivity index (χ1n) is 6.74. The third-order valence-electron chi connectivity index (χ3n) is 3.06. The highest BCUT2D eigenvalue weighted by atomic mass is 35.5. The highest BCUT2D eigenvalue weighted by Gasteiger charge is 2.07. The van der Waals surface area contributed by atoms with Gasteiger partial charge in [0.05, 0.1) is 11.6 Å². The van der Waals surface area contributed by atoms with Gasteiger partial charge < -0.3 is 4.74 Å². The number of rotatable bonds is 6. The number of ether oxygens (including phenoxy) is 1. The molecule has 0 saturated heterocycles. The number of halogens is 2.